The number of halogens is 1. The molecular formula is C14H16BrNOS. The molecular weight excluding hydrogens is 310 g/mol. The maximum Gasteiger partial charge on any atom is 0.225 e. The fourth-order valence-corrected chi connectivity index (χ4v) is 2.64. The first-order valence-corrected chi connectivity index (χ1v) is 6.43. The lowest BCUT2D eigenvalue weighted by Crippen LogP contribution is -3.00. The molecule has 1 atom stereocenters. The van der Waals surface area contributed by atoms with E-state index < -0.39 is 6.10 Å². The van der Waals surface area contributed by atoms with Crippen LogP contribution >= 0.6 is 11.3 Å². The zero-order valence-electron chi connectivity index (χ0n) is 10.2. The molecule has 4 heteroatoms. The van der Waals surface area contributed by atoms with Gasteiger partial charge in [0.05, 0.1) is 4.88 Å². The van der Waals surface area contributed by atoms with Gasteiger partial charge in [0.2, 0.25) is 5.51 Å². The van der Waals surface area contributed by atoms with E-state index in [0.29, 0.717) is 6.54 Å². The van der Waals surface area contributed by atoms with Gasteiger partial charge in [-0.1, -0.05) is 48.2 Å². The van der Waals surface area contributed by atoms with E-state index >= 15 is 0 Å². The molecule has 2 rings (SSSR count). The van der Waals surface area contributed by atoms with Crippen molar-refractivity contribution in [2.75, 3.05) is 0 Å². The lowest BCUT2D eigenvalue weighted by Gasteiger charge is -2.06. The Bertz CT molecular complexity index is 510. The predicted molar refractivity (Wildman–Crippen MR) is 70.7 cm³/mol. The topological polar surface area (TPSA) is 24.1 Å². The molecule has 1 N–H and O–H groups in total. The summed E-state index contributed by atoms with van der Waals surface area (Å²) in [6.45, 7) is 6.41. The Morgan fingerprint density at radius 2 is 2.06 bits per heavy atom. The lowest BCUT2D eigenvalue weighted by molar-refractivity contribution is -0.705. The van der Waals surface area contributed by atoms with Crippen molar-refractivity contribution in [3.05, 3.63) is 58.6 Å². The van der Waals surface area contributed by atoms with Crippen LogP contribution in [0.15, 0.2) is 42.4 Å². The van der Waals surface area contributed by atoms with E-state index in [9.17, 15) is 5.11 Å². The summed E-state index contributed by atoms with van der Waals surface area (Å²) in [6, 6.07) is 9.73. The van der Waals surface area contributed by atoms with Crippen LogP contribution in [-0.2, 0) is 6.54 Å². The van der Waals surface area contributed by atoms with Crippen LogP contribution in [0.5, 0.6) is 0 Å². The van der Waals surface area contributed by atoms with Gasteiger partial charge in [0.25, 0.3) is 0 Å². The van der Waals surface area contributed by atoms with Crippen molar-refractivity contribution in [2.24, 2.45) is 0 Å². The lowest BCUT2D eigenvalue weighted by atomic mass is 10.1. The minimum atomic E-state index is -0.466. The first kappa shape index (κ1) is 15.1. The molecule has 2 aromatic rings. The number of aliphatic hydroxyl groups excluding tert-OH is 1. The summed E-state index contributed by atoms with van der Waals surface area (Å²) in [5.41, 5.74) is 4.13. The fraction of sp³-hybridized carbons (Fsp3) is 0.214. The number of benzene rings is 1. The van der Waals surface area contributed by atoms with Crippen LogP contribution in [0.2, 0.25) is 0 Å². The summed E-state index contributed by atoms with van der Waals surface area (Å²) >= 11 is 1.65. The molecule has 0 aliphatic heterocycles. The summed E-state index contributed by atoms with van der Waals surface area (Å²) in [7, 11) is 0. The molecule has 96 valence electrons. The normalized spacial score (nSPS) is 11.7. The molecule has 0 amide bonds. The van der Waals surface area contributed by atoms with Gasteiger partial charge >= 0.3 is 0 Å². The Labute approximate surface area is 122 Å². The smallest absolute Gasteiger partial charge is 0.225 e. The van der Waals surface area contributed by atoms with Crippen LogP contribution < -0.4 is 21.5 Å². The second kappa shape index (κ2) is 6.83. The van der Waals surface area contributed by atoms with E-state index in [0.717, 1.165) is 16.1 Å². The van der Waals surface area contributed by atoms with Crippen molar-refractivity contribution in [2.45, 2.75) is 19.6 Å². The summed E-state index contributed by atoms with van der Waals surface area (Å²) in [6.07, 6.45) is 1.39. The first-order chi connectivity index (χ1) is 8.22. The molecule has 1 aromatic carbocycles. The summed E-state index contributed by atoms with van der Waals surface area (Å²) < 4.78 is 2.07. The largest absolute Gasteiger partial charge is 1.00 e. The Kier molecular flexibility index (Phi) is 5.72. The maximum absolute atomic E-state index is 10.1. The molecule has 1 aromatic heterocycles. The molecule has 2 nitrogen and oxygen atoms in total. The average Bonchev–Trinajstić information content (AvgIpc) is 2.71. The Hall–Kier alpha value is -0.970. The zero-order valence-corrected chi connectivity index (χ0v) is 12.6. The molecule has 0 aliphatic carbocycles. The third kappa shape index (κ3) is 3.28. The van der Waals surface area contributed by atoms with Crippen molar-refractivity contribution in [3.63, 3.8) is 0 Å². The fourth-order valence-electron chi connectivity index (χ4n) is 1.77. The number of hydrogen-bond donors (Lipinski definition) is 1. The van der Waals surface area contributed by atoms with Crippen molar-refractivity contribution in [1.29, 1.82) is 0 Å². The molecule has 0 fully saturated rings. The highest BCUT2D eigenvalue weighted by Gasteiger charge is 2.18. The minimum absolute atomic E-state index is 0. The predicted octanol–water partition coefficient (Wildman–Crippen LogP) is -0.275. The Morgan fingerprint density at radius 1 is 1.39 bits per heavy atom. The van der Waals surface area contributed by atoms with Crippen molar-refractivity contribution in [3.8, 4) is 0 Å². The third-order valence-electron chi connectivity index (χ3n) is 2.83. The van der Waals surface area contributed by atoms with E-state index in [1.54, 1.807) is 11.3 Å². The zero-order chi connectivity index (χ0) is 12.3. The highest BCUT2D eigenvalue weighted by molar-refractivity contribution is 7.10. The van der Waals surface area contributed by atoms with Crippen molar-refractivity contribution >= 4 is 17.4 Å². The summed E-state index contributed by atoms with van der Waals surface area (Å²) in [5, 5.41) is 10.1. The molecule has 0 saturated heterocycles. The maximum atomic E-state index is 10.1. The van der Waals surface area contributed by atoms with Crippen LogP contribution in [0.1, 0.15) is 22.2 Å². The second-order valence-electron chi connectivity index (χ2n) is 3.96. The van der Waals surface area contributed by atoms with Gasteiger partial charge in [-0.3, -0.25) is 0 Å². The van der Waals surface area contributed by atoms with Crippen molar-refractivity contribution in [1.82, 2.24) is 0 Å². The van der Waals surface area contributed by atoms with Gasteiger partial charge in [0.1, 0.15) is 6.10 Å². The number of rotatable bonds is 4. The van der Waals surface area contributed by atoms with Gasteiger partial charge in [-0.05, 0) is 11.6 Å². The highest BCUT2D eigenvalue weighted by Crippen LogP contribution is 2.16. The van der Waals surface area contributed by atoms with Gasteiger partial charge in [0.15, 0.2) is 12.2 Å². The number of aliphatic hydroxyl groups is 1. The molecule has 0 bridgehead atoms. The minimum Gasteiger partial charge on any atom is -1.00 e. The number of hydrogen-bond acceptors (Lipinski definition) is 2. The van der Waals surface area contributed by atoms with Gasteiger partial charge < -0.3 is 22.1 Å². The molecule has 18 heavy (non-hydrogen) atoms. The summed E-state index contributed by atoms with van der Waals surface area (Å²) in [4.78, 5) is 1.16. The standard InChI is InChI=1S/C14H16NOS.BrH/c1-3-14-11(2)15(10-17-14)9-13(16)12-7-5-4-6-8-12;/h3-8,10,13,16H,1,9H2,2H3;1H/q+1;/p-1. The Morgan fingerprint density at radius 3 is 2.61 bits per heavy atom. The SMILES string of the molecule is C=Cc1sc[n+](CC(O)c2ccccc2)c1C.[Br-]. The number of thiazole rings is 1. The van der Waals surface area contributed by atoms with Gasteiger partial charge in [-0.25, -0.2) is 0 Å². The second-order valence-corrected chi connectivity index (χ2v) is 4.84. The van der Waals surface area contributed by atoms with Crippen LogP contribution in [-0.4, -0.2) is 5.11 Å². The number of nitrogens with zero attached hydrogens (tertiary/aromatic N) is 1. The van der Waals surface area contributed by atoms with Crippen molar-refractivity contribution < 1.29 is 26.7 Å². The van der Waals surface area contributed by atoms with E-state index in [1.165, 1.54) is 0 Å². The van der Waals surface area contributed by atoms with Gasteiger partial charge in [-0.15, -0.1) is 0 Å². The molecule has 0 radical (unpaired) electrons. The van der Waals surface area contributed by atoms with E-state index in [2.05, 4.69) is 11.1 Å². The van der Waals surface area contributed by atoms with E-state index in [-0.39, 0.29) is 17.0 Å². The van der Waals surface area contributed by atoms with Gasteiger partial charge in [-0.2, -0.15) is 4.57 Å². The molecule has 1 heterocycles. The van der Waals surface area contributed by atoms with Crippen LogP contribution in [0, 0.1) is 6.92 Å². The molecule has 0 spiro atoms. The first-order valence-electron chi connectivity index (χ1n) is 5.55. The molecule has 1 unspecified atom stereocenters. The third-order valence-corrected chi connectivity index (χ3v) is 3.91. The average molecular weight is 326 g/mol. The van der Waals surface area contributed by atoms with Crippen LogP contribution in [0.4, 0.5) is 0 Å². The number of aromatic nitrogens is 1. The highest BCUT2D eigenvalue weighted by atomic mass is 79.9. The Balaban J connectivity index is 0.00000162. The molecule has 0 saturated carbocycles. The van der Waals surface area contributed by atoms with E-state index in [4.69, 9.17) is 0 Å². The molecule has 0 aliphatic rings. The van der Waals surface area contributed by atoms with Crippen LogP contribution in [0.25, 0.3) is 6.08 Å². The van der Waals surface area contributed by atoms with E-state index in [1.807, 2.05) is 48.8 Å². The summed E-state index contributed by atoms with van der Waals surface area (Å²) in [5.74, 6) is 0. The van der Waals surface area contributed by atoms with Gasteiger partial charge in [0, 0.05) is 6.92 Å². The quantitative estimate of drug-likeness (QED) is 0.768. The monoisotopic (exact) mass is 325 g/mol. The van der Waals surface area contributed by atoms with Crippen LogP contribution in [0.3, 0.4) is 0 Å².